The summed E-state index contributed by atoms with van der Waals surface area (Å²) in [5.41, 5.74) is 1.82. The van der Waals surface area contributed by atoms with E-state index in [1.165, 1.54) is 0 Å². The molecule has 2 aromatic carbocycles. The van der Waals surface area contributed by atoms with Gasteiger partial charge in [0.05, 0.1) is 13.0 Å². The molecular formula is C31H43N3O6. The van der Waals surface area contributed by atoms with Gasteiger partial charge in [0.2, 0.25) is 6.79 Å². The van der Waals surface area contributed by atoms with Crippen LogP contribution in [-0.2, 0) is 4.79 Å². The summed E-state index contributed by atoms with van der Waals surface area (Å²) < 4.78 is 16.4. The second-order valence-corrected chi connectivity index (χ2v) is 10.7. The van der Waals surface area contributed by atoms with Gasteiger partial charge in [0.15, 0.2) is 11.5 Å². The molecule has 40 heavy (non-hydrogen) atoms. The monoisotopic (exact) mass is 553 g/mol. The number of ether oxygens (including phenoxy) is 3. The van der Waals surface area contributed by atoms with Crippen LogP contribution in [0.25, 0.3) is 0 Å². The highest BCUT2D eigenvalue weighted by Crippen LogP contribution is 2.47. The summed E-state index contributed by atoms with van der Waals surface area (Å²) in [5.74, 6) is 0.252. The molecular weight excluding hydrogens is 510 g/mol. The predicted molar refractivity (Wildman–Crippen MR) is 153 cm³/mol. The standard InChI is InChI=1S/C31H43N3O6/c1-5-7-15-33(16-8-6-2)31(37)32(3)17-18-34-20-25(23-11-14-26-27(19-23)40-21-39-26)28(30(35)36)29(34)22-9-12-24(38-4)13-10-22/h9-14,19,25,28-29H,5-8,15-18,20-21H2,1-4H3,(H,35,36)/t25-,28+,29-/m1/s1. The lowest BCUT2D eigenvalue weighted by atomic mass is 9.82. The minimum absolute atomic E-state index is 0.0317. The largest absolute Gasteiger partial charge is 0.497 e. The van der Waals surface area contributed by atoms with Crippen LogP contribution < -0.4 is 14.2 Å². The normalized spacial score (nSPS) is 19.9. The van der Waals surface area contributed by atoms with E-state index in [4.69, 9.17) is 14.2 Å². The lowest BCUT2D eigenvalue weighted by Crippen LogP contribution is -2.45. The van der Waals surface area contributed by atoms with Gasteiger partial charge in [-0.15, -0.1) is 0 Å². The number of methoxy groups -OCH3 is 1. The Balaban J connectivity index is 1.58. The molecule has 9 nitrogen and oxygen atoms in total. The fourth-order valence-electron chi connectivity index (χ4n) is 5.76. The molecule has 2 aromatic rings. The summed E-state index contributed by atoms with van der Waals surface area (Å²) in [6, 6.07) is 13.0. The average molecular weight is 554 g/mol. The van der Waals surface area contributed by atoms with Crippen molar-refractivity contribution >= 4 is 12.0 Å². The fourth-order valence-corrected chi connectivity index (χ4v) is 5.76. The molecule has 2 aliphatic heterocycles. The van der Waals surface area contributed by atoms with E-state index in [0.717, 1.165) is 55.6 Å². The Bertz CT molecular complexity index is 1130. The molecule has 1 saturated heterocycles. The summed E-state index contributed by atoms with van der Waals surface area (Å²) in [7, 11) is 3.46. The Morgan fingerprint density at radius 3 is 2.25 bits per heavy atom. The molecule has 2 amide bonds. The average Bonchev–Trinajstić information content (AvgIpc) is 3.60. The maximum Gasteiger partial charge on any atom is 0.319 e. The number of likely N-dealkylation sites (N-methyl/N-ethyl adjacent to an activating group) is 1. The summed E-state index contributed by atoms with van der Waals surface area (Å²) in [6.07, 6.45) is 4.03. The number of hydrogen-bond donors (Lipinski definition) is 1. The van der Waals surface area contributed by atoms with E-state index in [1.54, 1.807) is 12.0 Å². The van der Waals surface area contributed by atoms with E-state index >= 15 is 0 Å². The third kappa shape index (κ3) is 6.63. The first-order valence-electron chi connectivity index (χ1n) is 14.4. The number of carbonyl (C=O) groups excluding carboxylic acids is 1. The fraction of sp³-hybridized carbons (Fsp3) is 0.548. The number of carboxylic acid groups (broad SMARTS) is 1. The predicted octanol–water partition coefficient (Wildman–Crippen LogP) is 5.22. The van der Waals surface area contributed by atoms with Crippen LogP contribution in [0.15, 0.2) is 42.5 Å². The van der Waals surface area contributed by atoms with Gasteiger partial charge in [-0.2, -0.15) is 0 Å². The second kappa shape index (κ2) is 13.7. The topological polar surface area (TPSA) is 91.8 Å². The van der Waals surface area contributed by atoms with E-state index in [0.29, 0.717) is 31.1 Å². The maximum atomic E-state index is 13.3. The highest BCUT2D eigenvalue weighted by molar-refractivity contribution is 5.74. The van der Waals surface area contributed by atoms with Gasteiger partial charge in [0.25, 0.3) is 0 Å². The minimum Gasteiger partial charge on any atom is -0.497 e. The van der Waals surface area contributed by atoms with Crippen LogP contribution in [0.5, 0.6) is 17.2 Å². The quantitative estimate of drug-likeness (QED) is 0.364. The summed E-state index contributed by atoms with van der Waals surface area (Å²) in [5, 5.41) is 10.5. The maximum absolute atomic E-state index is 13.3. The third-order valence-corrected chi connectivity index (χ3v) is 8.05. The number of carbonyl (C=O) groups is 2. The number of fused-ring (bicyclic) bond motifs is 1. The Labute approximate surface area is 237 Å². The molecule has 0 radical (unpaired) electrons. The van der Waals surface area contributed by atoms with E-state index in [2.05, 4.69) is 18.7 Å². The van der Waals surface area contributed by atoms with E-state index in [1.807, 2.05) is 54.4 Å². The number of urea groups is 1. The first-order chi connectivity index (χ1) is 19.4. The van der Waals surface area contributed by atoms with Crippen LogP contribution in [0, 0.1) is 5.92 Å². The number of benzene rings is 2. The molecule has 1 fully saturated rings. The number of nitrogens with zero attached hydrogens (tertiary/aromatic N) is 3. The zero-order chi connectivity index (χ0) is 28.6. The van der Waals surface area contributed by atoms with E-state index in [9.17, 15) is 14.7 Å². The van der Waals surface area contributed by atoms with Crippen LogP contribution in [-0.4, -0.2) is 85.5 Å². The van der Waals surface area contributed by atoms with Crippen molar-refractivity contribution in [3.8, 4) is 17.2 Å². The van der Waals surface area contributed by atoms with Crippen LogP contribution >= 0.6 is 0 Å². The molecule has 1 N–H and O–H groups in total. The number of unbranched alkanes of at least 4 members (excludes halogenated alkanes) is 2. The number of rotatable bonds is 13. The van der Waals surface area contributed by atoms with Gasteiger partial charge in [-0.05, 0) is 48.2 Å². The van der Waals surface area contributed by atoms with Crippen molar-refractivity contribution in [2.45, 2.75) is 51.5 Å². The zero-order valence-corrected chi connectivity index (χ0v) is 24.2. The number of aliphatic carboxylic acids is 1. The van der Waals surface area contributed by atoms with Crippen molar-refractivity contribution in [3.05, 3.63) is 53.6 Å². The lowest BCUT2D eigenvalue weighted by molar-refractivity contribution is -0.143. The number of likely N-dealkylation sites (tertiary alicyclic amines) is 1. The Hall–Kier alpha value is -3.46. The molecule has 2 heterocycles. The van der Waals surface area contributed by atoms with Gasteiger partial charge in [-0.1, -0.05) is 44.9 Å². The molecule has 0 spiro atoms. The van der Waals surface area contributed by atoms with E-state index in [-0.39, 0.29) is 24.8 Å². The van der Waals surface area contributed by atoms with Crippen molar-refractivity contribution in [3.63, 3.8) is 0 Å². The molecule has 0 aromatic heterocycles. The van der Waals surface area contributed by atoms with Gasteiger partial charge in [0.1, 0.15) is 5.75 Å². The van der Waals surface area contributed by atoms with Crippen molar-refractivity contribution in [1.82, 2.24) is 14.7 Å². The summed E-state index contributed by atoms with van der Waals surface area (Å²) in [6.45, 7) is 7.55. The Kier molecular flexibility index (Phi) is 10.1. The second-order valence-electron chi connectivity index (χ2n) is 10.7. The molecule has 218 valence electrons. The first-order valence-corrected chi connectivity index (χ1v) is 14.4. The van der Waals surface area contributed by atoms with Gasteiger partial charge in [-0.3, -0.25) is 9.69 Å². The first kappa shape index (κ1) is 29.5. The van der Waals surface area contributed by atoms with Crippen molar-refractivity contribution in [2.24, 2.45) is 5.92 Å². The third-order valence-electron chi connectivity index (χ3n) is 8.05. The molecule has 9 heteroatoms. The van der Waals surface area contributed by atoms with Crippen molar-refractivity contribution in [2.75, 3.05) is 53.7 Å². The van der Waals surface area contributed by atoms with Crippen LogP contribution in [0.1, 0.15) is 62.6 Å². The van der Waals surface area contributed by atoms with E-state index < -0.39 is 11.9 Å². The molecule has 0 aliphatic carbocycles. The van der Waals surface area contributed by atoms with Gasteiger partial charge >= 0.3 is 12.0 Å². The highest BCUT2D eigenvalue weighted by Gasteiger charge is 2.47. The van der Waals surface area contributed by atoms with Crippen molar-refractivity contribution in [1.29, 1.82) is 0 Å². The smallest absolute Gasteiger partial charge is 0.319 e. The Morgan fingerprint density at radius 2 is 1.62 bits per heavy atom. The van der Waals surface area contributed by atoms with Gasteiger partial charge < -0.3 is 29.1 Å². The summed E-state index contributed by atoms with van der Waals surface area (Å²) >= 11 is 0. The molecule has 0 unspecified atom stereocenters. The number of hydrogen-bond acceptors (Lipinski definition) is 6. The zero-order valence-electron chi connectivity index (χ0n) is 24.2. The van der Waals surface area contributed by atoms with Crippen LogP contribution in [0.2, 0.25) is 0 Å². The highest BCUT2D eigenvalue weighted by atomic mass is 16.7. The van der Waals surface area contributed by atoms with Gasteiger partial charge in [0, 0.05) is 51.7 Å². The molecule has 3 atom stereocenters. The van der Waals surface area contributed by atoms with Crippen molar-refractivity contribution < 1.29 is 28.9 Å². The molecule has 0 bridgehead atoms. The number of carboxylic acids is 1. The van der Waals surface area contributed by atoms with Gasteiger partial charge in [-0.25, -0.2) is 4.79 Å². The molecule has 0 saturated carbocycles. The Morgan fingerprint density at radius 1 is 0.975 bits per heavy atom. The molecule has 4 rings (SSSR count). The lowest BCUT2D eigenvalue weighted by Gasteiger charge is -2.31. The SMILES string of the molecule is CCCCN(CCCC)C(=O)N(C)CCN1C[C@H](c2ccc3c(c2)OCO3)[C@H](C(=O)O)[C@H]1c1ccc(OC)cc1. The van der Waals surface area contributed by atoms with Crippen LogP contribution in [0.4, 0.5) is 4.79 Å². The van der Waals surface area contributed by atoms with Crippen LogP contribution in [0.3, 0.4) is 0 Å². The summed E-state index contributed by atoms with van der Waals surface area (Å²) in [4.78, 5) is 32.1. The minimum atomic E-state index is -0.847. The molecule has 2 aliphatic rings. The number of amides is 2.